The Bertz CT molecular complexity index is 766. The van der Waals surface area contributed by atoms with Crippen LogP contribution in [0.5, 0.6) is 0 Å². The van der Waals surface area contributed by atoms with Crippen molar-refractivity contribution >= 4 is 17.5 Å². The minimum Gasteiger partial charge on any atom is -0.508 e. The first kappa shape index (κ1) is 20.6. The van der Waals surface area contributed by atoms with Gasteiger partial charge >= 0.3 is 0 Å². The fourth-order valence-electron chi connectivity index (χ4n) is 3.16. The molecule has 0 saturated carbocycles. The number of aliphatic hydroxyl groups is 1. The molecule has 0 heterocycles. The SMILES string of the molecule is C=C(N=C(CCC1=CC=CC(C)C1)C(=NC)NC(C)=O)C1C=CC(O)=CC1. The lowest BCUT2D eigenvalue weighted by Crippen LogP contribution is -2.35. The van der Waals surface area contributed by atoms with Gasteiger partial charge in [0.25, 0.3) is 0 Å². The van der Waals surface area contributed by atoms with E-state index in [0.717, 1.165) is 18.6 Å². The maximum atomic E-state index is 11.6. The first-order valence-corrected chi connectivity index (χ1v) is 9.33. The molecule has 2 N–H and O–H groups in total. The highest BCUT2D eigenvalue weighted by molar-refractivity contribution is 6.43. The number of aliphatic imine (C=N–C) groups is 2. The van der Waals surface area contributed by atoms with Crippen LogP contribution >= 0.6 is 0 Å². The molecular formula is C22H29N3O2. The maximum Gasteiger partial charge on any atom is 0.222 e. The van der Waals surface area contributed by atoms with E-state index < -0.39 is 0 Å². The fourth-order valence-corrected chi connectivity index (χ4v) is 3.16. The summed E-state index contributed by atoms with van der Waals surface area (Å²) in [6.45, 7) is 7.77. The Morgan fingerprint density at radius 1 is 1.41 bits per heavy atom. The van der Waals surface area contributed by atoms with E-state index in [4.69, 9.17) is 4.99 Å². The quantitative estimate of drug-likeness (QED) is 0.538. The molecule has 2 aliphatic rings. The van der Waals surface area contributed by atoms with Crippen LogP contribution in [-0.4, -0.2) is 29.6 Å². The number of carbonyl (C=O) groups excluding carboxylic acids is 1. The second-order valence-electron chi connectivity index (χ2n) is 7.02. The van der Waals surface area contributed by atoms with Crippen LogP contribution in [0.15, 0.2) is 70.0 Å². The summed E-state index contributed by atoms with van der Waals surface area (Å²) in [5, 5.41) is 12.3. The lowest BCUT2D eigenvalue weighted by molar-refractivity contribution is -0.117. The van der Waals surface area contributed by atoms with E-state index >= 15 is 0 Å². The van der Waals surface area contributed by atoms with Crippen molar-refractivity contribution in [3.63, 3.8) is 0 Å². The zero-order valence-corrected chi connectivity index (χ0v) is 16.4. The molecule has 0 radical (unpaired) electrons. The van der Waals surface area contributed by atoms with Crippen molar-refractivity contribution in [2.24, 2.45) is 21.8 Å². The lowest BCUT2D eigenvalue weighted by Gasteiger charge is -2.18. The van der Waals surface area contributed by atoms with Gasteiger partial charge in [-0.2, -0.15) is 0 Å². The molecule has 1 amide bonds. The monoisotopic (exact) mass is 367 g/mol. The number of hydrogen-bond acceptors (Lipinski definition) is 4. The highest BCUT2D eigenvalue weighted by Crippen LogP contribution is 2.25. The molecule has 2 rings (SSSR count). The van der Waals surface area contributed by atoms with Crippen LogP contribution in [0.4, 0.5) is 0 Å². The zero-order valence-electron chi connectivity index (χ0n) is 16.4. The predicted molar refractivity (Wildman–Crippen MR) is 112 cm³/mol. The van der Waals surface area contributed by atoms with Gasteiger partial charge in [-0.3, -0.25) is 14.8 Å². The van der Waals surface area contributed by atoms with Gasteiger partial charge in [-0.05, 0) is 43.8 Å². The molecule has 0 aromatic heterocycles. The Morgan fingerprint density at radius 2 is 2.19 bits per heavy atom. The zero-order chi connectivity index (χ0) is 19.8. The van der Waals surface area contributed by atoms with Gasteiger partial charge in [0.1, 0.15) is 11.6 Å². The van der Waals surface area contributed by atoms with Crippen LogP contribution < -0.4 is 5.32 Å². The highest BCUT2D eigenvalue weighted by Gasteiger charge is 2.17. The molecule has 2 atom stereocenters. The van der Waals surface area contributed by atoms with Gasteiger partial charge in [0.2, 0.25) is 5.91 Å². The largest absolute Gasteiger partial charge is 0.508 e. The minimum atomic E-state index is -0.173. The summed E-state index contributed by atoms with van der Waals surface area (Å²) in [4.78, 5) is 20.5. The molecule has 0 spiro atoms. The first-order valence-electron chi connectivity index (χ1n) is 9.33. The molecular weight excluding hydrogens is 338 g/mol. The molecule has 0 fully saturated rings. The van der Waals surface area contributed by atoms with Crippen LogP contribution in [-0.2, 0) is 4.79 Å². The van der Waals surface area contributed by atoms with Gasteiger partial charge in [0.15, 0.2) is 0 Å². The van der Waals surface area contributed by atoms with Crippen molar-refractivity contribution in [3.05, 3.63) is 60.1 Å². The summed E-state index contributed by atoms with van der Waals surface area (Å²) in [5.74, 6) is 1.16. The lowest BCUT2D eigenvalue weighted by atomic mass is 9.92. The molecule has 2 aliphatic carbocycles. The Morgan fingerprint density at radius 3 is 2.78 bits per heavy atom. The minimum absolute atomic E-state index is 0.0307. The van der Waals surface area contributed by atoms with Crippen LogP contribution in [0, 0.1) is 11.8 Å². The maximum absolute atomic E-state index is 11.6. The molecule has 5 heteroatoms. The van der Waals surface area contributed by atoms with Gasteiger partial charge < -0.3 is 10.4 Å². The van der Waals surface area contributed by atoms with Crippen LogP contribution in [0.3, 0.4) is 0 Å². The topological polar surface area (TPSA) is 74.0 Å². The number of amides is 1. The Hall–Kier alpha value is -2.69. The number of amidine groups is 1. The summed E-state index contributed by atoms with van der Waals surface area (Å²) in [6, 6.07) is 0. The third-order valence-electron chi connectivity index (χ3n) is 4.62. The summed E-state index contributed by atoms with van der Waals surface area (Å²) in [5.41, 5.74) is 2.79. The van der Waals surface area contributed by atoms with Crippen LogP contribution in [0.2, 0.25) is 0 Å². The van der Waals surface area contributed by atoms with E-state index in [1.807, 2.05) is 6.08 Å². The van der Waals surface area contributed by atoms with E-state index in [1.165, 1.54) is 12.5 Å². The van der Waals surface area contributed by atoms with Crippen molar-refractivity contribution < 1.29 is 9.90 Å². The third kappa shape index (κ3) is 6.51. The van der Waals surface area contributed by atoms with Gasteiger partial charge in [-0.15, -0.1) is 0 Å². The average molecular weight is 367 g/mol. The van der Waals surface area contributed by atoms with Crippen molar-refractivity contribution in [2.45, 2.75) is 39.5 Å². The molecule has 27 heavy (non-hydrogen) atoms. The molecule has 144 valence electrons. The molecule has 2 unspecified atom stereocenters. The van der Waals surface area contributed by atoms with Gasteiger partial charge in [-0.25, -0.2) is 0 Å². The number of carbonyl (C=O) groups is 1. The molecule has 0 bridgehead atoms. The number of nitrogens with zero attached hydrogens (tertiary/aromatic N) is 2. The molecule has 0 aromatic rings. The van der Waals surface area contributed by atoms with E-state index in [1.54, 1.807) is 19.2 Å². The second-order valence-corrected chi connectivity index (χ2v) is 7.02. The van der Waals surface area contributed by atoms with E-state index in [0.29, 0.717) is 30.3 Å². The van der Waals surface area contributed by atoms with Gasteiger partial charge in [-0.1, -0.05) is 43.4 Å². The number of allylic oxidation sites excluding steroid dienone is 7. The summed E-state index contributed by atoms with van der Waals surface area (Å²) >= 11 is 0. The smallest absolute Gasteiger partial charge is 0.222 e. The molecule has 0 saturated heterocycles. The third-order valence-corrected chi connectivity index (χ3v) is 4.62. The number of nitrogens with one attached hydrogen (secondary N) is 1. The van der Waals surface area contributed by atoms with E-state index in [2.05, 4.69) is 42.0 Å². The Balaban J connectivity index is 2.17. The van der Waals surface area contributed by atoms with E-state index in [9.17, 15) is 9.90 Å². The van der Waals surface area contributed by atoms with Gasteiger partial charge in [0, 0.05) is 25.6 Å². The van der Waals surface area contributed by atoms with Crippen molar-refractivity contribution in [2.75, 3.05) is 7.05 Å². The standard InChI is InChI=1S/C22H29N3O2/c1-15-6-5-7-18(14-15)8-13-21(22(23-4)25-17(3)26)24-16(2)19-9-11-20(27)12-10-19/h5-7,9,11-12,15,19,27H,2,8,10,13-14H2,1,3-4H3,(H,23,25,26). The highest BCUT2D eigenvalue weighted by atomic mass is 16.3. The normalized spacial score (nSPS) is 22.9. The van der Waals surface area contributed by atoms with E-state index in [-0.39, 0.29) is 17.6 Å². The van der Waals surface area contributed by atoms with Crippen LogP contribution in [0.25, 0.3) is 0 Å². The fraction of sp³-hybridized carbons (Fsp3) is 0.409. The summed E-state index contributed by atoms with van der Waals surface area (Å²) in [7, 11) is 1.65. The Kier molecular flexibility index (Phi) is 7.53. The Labute approximate surface area is 161 Å². The second kappa shape index (κ2) is 9.86. The number of rotatable bonds is 6. The number of hydrogen-bond donors (Lipinski definition) is 2. The summed E-state index contributed by atoms with van der Waals surface area (Å²) < 4.78 is 0. The molecule has 5 nitrogen and oxygen atoms in total. The van der Waals surface area contributed by atoms with Crippen molar-refractivity contribution in [1.82, 2.24) is 5.32 Å². The average Bonchev–Trinajstić information content (AvgIpc) is 2.63. The number of aliphatic hydroxyl groups excluding tert-OH is 1. The van der Waals surface area contributed by atoms with Crippen molar-refractivity contribution in [1.29, 1.82) is 0 Å². The van der Waals surface area contributed by atoms with Gasteiger partial charge in [0.05, 0.1) is 5.71 Å². The van der Waals surface area contributed by atoms with Crippen LogP contribution in [0.1, 0.15) is 39.5 Å². The molecule has 0 aliphatic heterocycles. The predicted octanol–water partition coefficient (Wildman–Crippen LogP) is 4.43. The summed E-state index contributed by atoms with van der Waals surface area (Å²) in [6.07, 6.45) is 15.0. The van der Waals surface area contributed by atoms with Crippen molar-refractivity contribution in [3.8, 4) is 0 Å². The molecule has 0 aromatic carbocycles. The first-order chi connectivity index (χ1) is 12.9.